The zero-order valence-electron chi connectivity index (χ0n) is 17.3. The van der Waals surface area contributed by atoms with E-state index in [1.54, 1.807) is 0 Å². The van der Waals surface area contributed by atoms with Crippen LogP contribution >= 0.6 is 0 Å². The second-order valence-electron chi connectivity index (χ2n) is 7.74. The lowest BCUT2D eigenvalue weighted by Gasteiger charge is -2.33. The summed E-state index contributed by atoms with van der Waals surface area (Å²) in [5.41, 5.74) is 4.22. The molecule has 0 radical (unpaired) electrons. The third kappa shape index (κ3) is 7.00. The van der Waals surface area contributed by atoms with Crippen LogP contribution in [0.25, 0.3) is 0 Å². The van der Waals surface area contributed by atoms with E-state index in [-0.39, 0.29) is 11.8 Å². The fourth-order valence-corrected chi connectivity index (χ4v) is 3.61. The van der Waals surface area contributed by atoms with Gasteiger partial charge in [0.15, 0.2) is 0 Å². The Morgan fingerprint density at radius 3 is 1.97 bits per heavy atom. The second-order valence-corrected chi connectivity index (χ2v) is 7.74. The Morgan fingerprint density at radius 2 is 1.38 bits per heavy atom. The highest BCUT2D eigenvalue weighted by Crippen LogP contribution is 2.14. The van der Waals surface area contributed by atoms with Gasteiger partial charge in [-0.25, -0.2) is 0 Å². The van der Waals surface area contributed by atoms with Gasteiger partial charge in [-0.05, 0) is 42.7 Å². The molecule has 6 nitrogen and oxygen atoms in total. The van der Waals surface area contributed by atoms with Crippen LogP contribution in [0.5, 0.6) is 0 Å². The maximum absolute atomic E-state index is 12.4. The summed E-state index contributed by atoms with van der Waals surface area (Å²) in [7, 11) is 0. The van der Waals surface area contributed by atoms with E-state index in [1.165, 1.54) is 0 Å². The quantitative estimate of drug-likeness (QED) is 0.756. The molecular weight excluding hydrogens is 364 g/mol. The van der Waals surface area contributed by atoms with E-state index in [1.807, 2.05) is 56.3 Å². The third-order valence-electron chi connectivity index (χ3n) is 5.04. The largest absolute Gasteiger partial charge is 0.351 e. The van der Waals surface area contributed by atoms with Crippen molar-refractivity contribution < 1.29 is 9.59 Å². The van der Waals surface area contributed by atoms with Crippen molar-refractivity contribution in [2.75, 3.05) is 44.6 Å². The van der Waals surface area contributed by atoms with E-state index >= 15 is 0 Å². The summed E-state index contributed by atoms with van der Waals surface area (Å²) in [4.78, 5) is 28.8. The van der Waals surface area contributed by atoms with Crippen molar-refractivity contribution in [2.24, 2.45) is 0 Å². The molecule has 29 heavy (non-hydrogen) atoms. The highest BCUT2D eigenvalue weighted by molar-refractivity contribution is 5.92. The number of hydrogen-bond donors (Lipinski definition) is 2. The number of nitrogens with zero attached hydrogens (tertiary/aromatic N) is 2. The van der Waals surface area contributed by atoms with Gasteiger partial charge in [0.25, 0.3) is 0 Å². The van der Waals surface area contributed by atoms with Crippen molar-refractivity contribution in [3.63, 3.8) is 0 Å². The molecule has 0 saturated carbocycles. The zero-order valence-corrected chi connectivity index (χ0v) is 17.3. The van der Waals surface area contributed by atoms with Crippen LogP contribution in [0.15, 0.2) is 48.5 Å². The van der Waals surface area contributed by atoms with Crippen LogP contribution < -0.4 is 10.6 Å². The number of aryl methyl sites for hydroxylation is 2. The lowest BCUT2D eigenvalue weighted by Crippen LogP contribution is -2.50. The fourth-order valence-electron chi connectivity index (χ4n) is 3.61. The Labute approximate surface area is 172 Å². The molecule has 0 aromatic heterocycles. The smallest absolute Gasteiger partial charge is 0.238 e. The number of piperazine rings is 1. The first-order valence-corrected chi connectivity index (χ1v) is 10.1. The molecule has 6 heteroatoms. The van der Waals surface area contributed by atoms with Crippen LogP contribution in [0, 0.1) is 13.8 Å². The first kappa shape index (κ1) is 21.0. The standard InChI is InChI=1S/C23H30N4O2/c1-18-12-19(2)14-21(13-18)25-23(29)17-27-10-8-26(9-11-27)16-22(28)24-15-20-6-4-3-5-7-20/h3-7,12-14H,8-11,15-17H2,1-2H3,(H,24,28)(H,25,29). The van der Waals surface area contributed by atoms with Crippen molar-refractivity contribution in [3.8, 4) is 0 Å². The maximum atomic E-state index is 12.4. The van der Waals surface area contributed by atoms with Crippen LogP contribution in [0.3, 0.4) is 0 Å². The number of nitrogens with one attached hydrogen (secondary N) is 2. The van der Waals surface area contributed by atoms with Crippen LogP contribution in [0.4, 0.5) is 5.69 Å². The Hall–Kier alpha value is -2.70. The molecule has 1 heterocycles. The van der Waals surface area contributed by atoms with E-state index < -0.39 is 0 Å². The Bertz CT molecular complexity index is 810. The third-order valence-corrected chi connectivity index (χ3v) is 5.04. The monoisotopic (exact) mass is 394 g/mol. The molecule has 0 bridgehead atoms. The predicted octanol–water partition coefficient (Wildman–Crippen LogP) is 2.18. The zero-order chi connectivity index (χ0) is 20.6. The van der Waals surface area contributed by atoms with Crippen molar-refractivity contribution in [2.45, 2.75) is 20.4 Å². The molecule has 2 amide bonds. The summed E-state index contributed by atoms with van der Waals surface area (Å²) >= 11 is 0. The first-order valence-electron chi connectivity index (χ1n) is 10.1. The van der Waals surface area contributed by atoms with Gasteiger partial charge in [-0.3, -0.25) is 19.4 Å². The van der Waals surface area contributed by atoms with Gasteiger partial charge >= 0.3 is 0 Å². The molecule has 1 aliphatic heterocycles. The molecule has 1 saturated heterocycles. The minimum atomic E-state index is 0.00375. The van der Waals surface area contributed by atoms with Gasteiger partial charge in [0.1, 0.15) is 0 Å². The number of anilines is 1. The van der Waals surface area contributed by atoms with Crippen molar-refractivity contribution in [1.82, 2.24) is 15.1 Å². The lowest BCUT2D eigenvalue weighted by atomic mass is 10.1. The minimum absolute atomic E-state index is 0.00375. The van der Waals surface area contributed by atoms with Gasteiger partial charge in [-0.1, -0.05) is 36.4 Å². The molecule has 0 atom stereocenters. The number of hydrogen-bond acceptors (Lipinski definition) is 4. The molecule has 0 aliphatic carbocycles. The van der Waals surface area contributed by atoms with Crippen LogP contribution in [0.1, 0.15) is 16.7 Å². The van der Waals surface area contributed by atoms with Gasteiger partial charge in [0, 0.05) is 38.4 Å². The van der Waals surface area contributed by atoms with Gasteiger partial charge in [0.2, 0.25) is 11.8 Å². The molecule has 2 aromatic carbocycles. The summed E-state index contributed by atoms with van der Waals surface area (Å²) < 4.78 is 0. The Kier molecular flexibility index (Phi) is 7.38. The summed E-state index contributed by atoms with van der Waals surface area (Å²) in [6, 6.07) is 16.0. The maximum Gasteiger partial charge on any atom is 0.238 e. The number of rotatable bonds is 7. The minimum Gasteiger partial charge on any atom is -0.351 e. The van der Waals surface area contributed by atoms with Gasteiger partial charge in [-0.15, -0.1) is 0 Å². The molecule has 0 unspecified atom stereocenters. The first-order chi connectivity index (χ1) is 14.0. The van der Waals surface area contributed by atoms with E-state index in [2.05, 4.69) is 26.5 Å². The molecule has 0 spiro atoms. The average Bonchev–Trinajstić information content (AvgIpc) is 2.68. The molecule has 154 valence electrons. The van der Waals surface area contributed by atoms with Gasteiger partial charge in [0.05, 0.1) is 13.1 Å². The summed E-state index contributed by atoms with van der Waals surface area (Å²) in [6.07, 6.45) is 0. The summed E-state index contributed by atoms with van der Waals surface area (Å²) in [5.74, 6) is 0.0407. The van der Waals surface area contributed by atoms with Crippen molar-refractivity contribution >= 4 is 17.5 Å². The molecule has 1 fully saturated rings. The normalized spacial score (nSPS) is 15.1. The summed E-state index contributed by atoms with van der Waals surface area (Å²) in [6.45, 7) is 8.52. The molecule has 2 aromatic rings. The molecule has 1 aliphatic rings. The Balaban J connectivity index is 1.36. The molecule has 3 rings (SSSR count). The van der Waals surface area contributed by atoms with E-state index in [9.17, 15) is 9.59 Å². The van der Waals surface area contributed by atoms with Crippen molar-refractivity contribution in [3.05, 3.63) is 65.2 Å². The number of carbonyl (C=O) groups excluding carboxylic acids is 2. The van der Waals surface area contributed by atoms with Crippen LogP contribution in [0.2, 0.25) is 0 Å². The van der Waals surface area contributed by atoms with Gasteiger partial charge in [-0.2, -0.15) is 0 Å². The van der Waals surface area contributed by atoms with E-state index in [4.69, 9.17) is 0 Å². The second kappa shape index (κ2) is 10.2. The molecule has 2 N–H and O–H groups in total. The number of carbonyl (C=O) groups is 2. The van der Waals surface area contributed by atoms with Crippen molar-refractivity contribution in [1.29, 1.82) is 0 Å². The average molecular weight is 395 g/mol. The van der Waals surface area contributed by atoms with Crippen LogP contribution in [-0.2, 0) is 16.1 Å². The fraction of sp³-hybridized carbons (Fsp3) is 0.391. The number of benzene rings is 2. The van der Waals surface area contributed by atoms with Crippen LogP contribution in [-0.4, -0.2) is 60.9 Å². The highest BCUT2D eigenvalue weighted by Gasteiger charge is 2.20. The topological polar surface area (TPSA) is 64.7 Å². The SMILES string of the molecule is Cc1cc(C)cc(NC(=O)CN2CCN(CC(=O)NCc3ccccc3)CC2)c1. The number of amides is 2. The van der Waals surface area contributed by atoms with Gasteiger partial charge < -0.3 is 10.6 Å². The highest BCUT2D eigenvalue weighted by atomic mass is 16.2. The predicted molar refractivity (Wildman–Crippen MR) is 116 cm³/mol. The van der Waals surface area contributed by atoms with E-state index in [0.29, 0.717) is 19.6 Å². The lowest BCUT2D eigenvalue weighted by molar-refractivity contribution is -0.123. The Morgan fingerprint density at radius 1 is 0.828 bits per heavy atom. The van der Waals surface area contributed by atoms with E-state index in [0.717, 1.165) is 48.6 Å². The summed E-state index contributed by atoms with van der Waals surface area (Å²) in [5, 5.41) is 5.96. The molecular formula is C23H30N4O2.